The van der Waals surface area contributed by atoms with Crippen LogP contribution in [-0.4, -0.2) is 41.3 Å². The molecule has 1 fully saturated rings. The number of thioether (sulfide) groups is 2. The first-order valence-corrected chi connectivity index (χ1v) is 14.3. The van der Waals surface area contributed by atoms with Crippen LogP contribution in [0.3, 0.4) is 0 Å². The molecule has 1 saturated heterocycles. The van der Waals surface area contributed by atoms with E-state index < -0.39 is 0 Å². The Kier molecular flexibility index (Phi) is 9.44. The molecule has 35 heavy (non-hydrogen) atoms. The summed E-state index contributed by atoms with van der Waals surface area (Å²) in [7, 11) is 0. The van der Waals surface area contributed by atoms with Crippen molar-refractivity contribution in [3.63, 3.8) is 0 Å². The number of carbonyl (C=O) groups is 2. The highest BCUT2D eigenvalue weighted by Crippen LogP contribution is 2.38. The summed E-state index contributed by atoms with van der Waals surface area (Å²) in [5.41, 5.74) is 3.99. The van der Waals surface area contributed by atoms with E-state index in [2.05, 4.69) is 17.4 Å². The van der Waals surface area contributed by atoms with Crippen molar-refractivity contribution in [2.45, 2.75) is 17.5 Å². The van der Waals surface area contributed by atoms with E-state index in [0.717, 1.165) is 29.1 Å². The second-order valence-corrected chi connectivity index (χ2v) is 11.2. The lowest BCUT2D eigenvalue weighted by Gasteiger charge is -2.24. The second kappa shape index (κ2) is 12.7. The van der Waals surface area contributed by atoms with E-state index in [1.54, 1.807) is 29.6 Å². The fourth-order valence-corrected chi connectivity index (χ4v) is 6.17. The van der Waals surface area contributed by atoms with Crippen molar-refractivity contribution in [2.24, 2.45) is 0 Å². The SMILES string of the molecule is O=C(NCCSCc1ccc(Cl)c(Cl)c1)c1ccc([C@@H]2SCC(=O)N2CCc2ccccc2)cc1. The molecule has 0 spiro atoms. The molecule has 0 aromatic heterocycles. The molecule has 0 unspecified atom stereocenters. The molecule has 0 aliphatic carbocycles. The van der Waals surface area contributed by atoms with Crippen molar-refractivity contribution in [2.75, 3.05) is 24.6 Å². The molecule has 2 amide bonds. The van der Waals surface area contributed by atoms with Gasteiger partial charge in [-0.2, -0.15) is 11.8 Å². The maximum absolute atomic E-state index is 12.5. The topological polar surface area (TPSA) is 49.4 Å². The van der Waals surface area contributed by atoms with E-state index in [1.165, 1.54) is 5.56 Å². The van der Waals surface area contributed by atoms with Crippen LogP contribution in [0.5, 0.6) is 0 Å². The van der Waals surface area contributed by atoms with Gasteiger partial charge in [-0.1, -0.05) is 71.7 Å². The maximum Gasteiger partial charge on any atom is 0.251 e. The van der Waals surface area contributed by atoms with Crippen LogP contribution in [0, 0.1) is 0 Å². The van der Waals surface area contributed by atoms with Gasteiger partial charge in [-0.25, -0.2) is 0 Å². The minimum absolute atomic E-state index is 0.0129. The molecule has 4 nitrogen and oxygen atoms in total. The molecule has 3 aromatic rings. The number of rotatable bonds is 10. The van der Waals surface area contributed by atoms with E-state index in [-0.39, 0.29) is 17.2 Å². The fourth-order valence-electron chi connectivity index (χ4n) is 3.82. The maximum atomic E-state index is 12.5. The van der Waals surface area contributed by atoms with Crippen LogP contribution in [-0.2, 0) is 17.0 Å². The van der Waals surface area contributed by atoms with Crippen molar-refractivity contribution < 1.29 is 9.59 Å². The van der Waals surface area contributed by atoms with E-state index in [0.29, 0.717) is 34.5 Å². The lowest BCUT2D eigenvalue weighted by atomic mass is 10.1. The molecule has 0 saturated carbocycles. The van der Waals surface area contributed by atoms with Crippen LogP contribution in [0.2, 0.25) is 10.0 Å². The Morgan fingerprint density at radius 2 is 1.77 bits per heavy atom. The summed E-state index contributed by atoms with van der Waals surface area (Å²) in [6, 6.07) is 23.4. The van der Waals surface area contributed by atoms with Gasteiger partial charge in [0.2, 0.25) is 5.91 Å². The number of nitrogens with zero attached hydrogens (tertiary/aromatic N) is 1. The Morgan fingerprint density at radius 3 is 2.51 bits per heavy atom. The van der Waals surface area contributed by atoms with Crippen molar-refractivity contribution in [3.8, 4) is 0 Å². The molecular formula is C27H26Cl2N2O2S2. The normalized spacial score (nSPS) is 15.4. The largest absolute Gasteiger partial charge is 0.351 e. The monoisotopic (exact) mass is 544 g/mol. The van der Waals surface area contributed by atoms with Gasteiger partial charge >= 0.3 is 0 Å². The van der Waals surface area contributed by atoms with Crippen molar-refractivity contribution in [1.82, 2.24) is 10.2 Å². The zero-order chi connectivity index (χ0) is 24.6. The number of nitrogens with one attached hydrogen (secondary N) is 1. The van der Waals surface area contributed by atoms with Crippen LogP contribution >= 0.6 is 46.7 Å². The summed E-state index contributed by atoms with van der Waals surface area (Å²) in [5.74, 6) is 2.15. The smallest absolute Gasteiger partial charge is 0.251 e. The van der Waals surface area contributed by atoms with Gasteiger partial charge in [-0.05, 0) is 47.4 Å². The standard InChI is InChI=1S/C27H26Cl2N2O2S2/c28-23-11-6-20(16-24(23)29)17-34-15-13-30-26(33)21-7-9-22(10-8-21)27-31(25(32)18-35-27)14-12-19-4-2-1-3-5-19/h1-11,16,27H,12-15,17-18H2,(H,30,33)/t27-/m0/s1. The Hall–Kier alpha value is -2.12. The third-order valence-corrected chi connectivity index (χ3v) is 8.72. The number of hydrogen-bond donors (Lipinski definition) is 1. The minimum Gasteiger partial charge on any atom is -0.351 e. The third kappa shape index (κ3) is 7.20. The van der Waals surface area contributed by atoms with Gasteiger partial charge < -0.3 is 10.2 Å². The summed E-state index contributed by atoms with van der Waals surface area (Å²) in [6.45, 7) is 1.26. The predicted octanol–water partition coefficient (Wildman–Crippen LogP) is 6.47. The molecule has 0 bridgehead atoms. The Labute approximate surface area is 224 Å². The highest BCUT2D eigenvalue weighted by Gasteiger charge is 2.32. The summed E-state index contributed by atoms with van der Waals surface area (Å²) in [6.07, 6.45) is 0.827. The lowest BCUT2D eigenvalue weighted by molar-refractivity contribution is -0.128. The number of hydrogen-bond acceptors (Lipinski definition) is 4. The first-order valence-electron chi connectivity index (χ1n) is 11.4. The van der Waals surface area contributed by atoms with Gasteiger partial charge in [0.15, 0.2) is 0 Å². The number of carbonyl (C=O) groups excluding carboxylic acids is 2. The number of benzene rings is 3. The molecule has 1 aliphatic rings. The van der Waals surface area contributed by atoms with Crippen LogP contribution < -0.4 is 5.32 Å². The van der Waals surface area contributed by atoms with Gasteiger partial charge in [-0.3, -0.25) is 9.59 Å². The minimum atomic E-state index is -0.0947. The summed E-state index contributed by atoms with van der Waals surface area (Å²) in [5, 5.41) is 4.07. The zero-order valence-electron chi connectivity index (χ0n) is 19.1. The first-order chi connectivity index (χ1) is 17.0. The van der Waals surface area contributed by atoms with Crippen LogP contribution in [0.4, 0.5) is 0 Å². The molecule has 1 atom stereocenters. The van der Waals surface area contributed by atoms with Crippen molar-refractivity contribution >= 4 is 58.5 Å². The van der Waals surface area contributed by atoms with Gasteiger partial charge in [0.1, 0.15) is 5.37 Å². The fraction of sp³-hybridized carbons (Fsp3) is 0.259. The number of amides is 2. The van der Waals surface area contributed by atoms with Crippen LogP contribution in [0.1, 0.15) is 32.4 Å². The molecule has 4 rings (SSSR count). The van der Waals surface area contributed by atoms with Gasteiger partial charge in [-0.15, -0.1) is 11.8 Å². The Bertz CT molecular complexity index is 1160. The van der Waals surface area contributed by atoms with E-state index in [1.807, 2.05) is 59.5 Å². The summed E-state index contributed by atoms with van der Waals surface area (Å²) < 4.78 is 0. The van der Waals surface area contributed by atoms with Gasteiger partial charge in [0, 0.05) is 30.2 Å². The first kappa shape index (κ1) is 26.0. The molecule has 3 aromatic carbocycles. The molecule has 182 valence electrons. The van der Waals surface area contributed by atoms with Crippen molar-refractivity contribution in [1.29, 1.82) is 0 Å². The zero-order valence-corrected chi connectivity index (χ0v) is 22.2. The highest BCUT2D eigenvalue weighted by molar-refractivity contribution is 8.00. The van der Waals surface area contributed by atoms with E-state index in [4.69, 9.17) is 23.2 Å². The number of halogens is 2. The average molecular weight is 546 g/mol. The molecule has 1 N–H and O–H groups in total. The highest BCUT2D eigenvalue weighted by atomic mass is 35.5. The Morgan fingerprint density at radius 1 is 1.00 bits per heavy atom. The Balaban J connectivity index is 1.24. The van der Waals surface area contributed by atoms with E-state index >= 15 is 0 Å². The lowest BCUT2D eigenvalue weighted by Crippen LogP contribution is -2.30. The van der Waals surface area contributed by atoms with Gasteiger partial charge in [0.05, 0.1) is 15.8 Å². The molecule has 8 heteroatoms. The quantitative estimate of drug-likeness (QED) is 0.297. The van der Waals surface area contributed by atoms with Gasteiger partial charge in [0.25, 0.3) is 5.91 Å². The van der Waals surface area contributed by atoms with E-state index in [9.17, 15) is 9.59 Å². The molecule has 1 heterocycles. The average Bonchev–Trinajstić information content (AvgIpc) is 3.25. The van der Waals surface area contributed by atoms with Crippen molar-refractivity contribution in [3.05, 3.63) is 105 Å². The molecular weight excluding hydrogens is 519 g/mol. The summed E-state index contributed by atoms with van der Waals surface area (Å²) in [4.78, 5) is 27.0. The third-order valence-electron chi connectivity index (χ3n) is 5.70. The van der Waals surface area contributed by atoms with Crippen LogP contribution in [0.25, 0.3) is 0 Å². The van der Waals surface area contributed by atoms with Crippen LogP contribution in [0.15, 0.2) is 72.8 Å². The summed E-state index contributed by atoms with van der Waals surface area (Å²) >= 11 is 15.4. The predicted molar refractivity (Wildman–Crippen MR) is 148 cm³/mol. The second-order valence-electron chi connectivity index (χ2n) is 8.17. The molecule has 0 radical (unpaired) electrons. The molecule has 1 aliphatic heterocycles.